The zero-order valence-corrected chi connectivity index (χ0v) is 13.7. The molecule has 8 heteroatoms. The molecule has 8 nitrogen and oxygen atoms in total. The van der Waals surface area contributed by atoms with Crippen molar-refractivity contribution in [2.75, 3.05) is 23.8 Å². The molecule has 0 bridgehead atoms. The molecule has 132 valence electrons. The highest BCUT2D eigenvalue weighted by Gasteiger charge is 2.23. The number of rotatable bonds is 5. The number of carbonyl (C=O) groups is 1. The van der Waals surface area contributed by atoms with Crippen molar-refractivity contribution in [1.29, 1.82) is 0 Å². The molecule has 5 N–H and O–H groups in total. The van der Waals surface area contributed by atoms with Gasteiger partial charge in [-0.1, -0.05) is 0 Å². The molecule has 2 aliphatic rings. The van der Waals surface area contributed by atoms with Gasteiger partial charge in [-0.15, -0.1) is 0 Å². The fourth-order valence-electron chi connectivity index (χ4n) is 3.27. The molecule has 3 atom stereocenters. The molecule has 1 unspecified atom stereocenters. The Balaban J connectivity index is 1.73. The smallest absolute Gasteiger partial charge is 0.254 e. The van der Waals surface area contributed by atoms with E-state index < -0.39 is 5.91 Å². The van der Waals surface area contributed by atoms with Gasteiger partial charge in [0.15, 0.2) is 0 Å². The molecule has 24 heavy (non-hydrogen) atoms. The average molecular weight is 335 g/mol. The fraction of sp³-hybridized carbons (Fsp3) is 0.688. The van der Waals surface area contributed by atoms with E-state index >= 15 is 0 Å². The van der Waals surface area contributed by atoms with Gasteiger partial charge in [-0.25, -0.2) is 4.98 Å². The lowest BCUT2D eigenvalue weighted by Gasteiger charge is -2.28. The number of nitrogens with one attached hydrogen (secondary N) is 2. The van der Waals surface area contributed by atoms with Crippen LogP contribution < -0.4 is 16.4 Å². The molecule has 3 rings (SSSR count). The summed E-state index contributed by atoms with van der Waals surface area (Å²) in [6.07, 6.45) is 6.47. The number of nitrogens with two attached hydrogens (primary N) is 1. The van der Waals surface area contributed by atoms with Crippen LogP contribution in [-0.4, -0.2) is 52.4 Å². The fourth-order valence-corrected chi connectivity index (χ4v) is 3.27. The summed E-state index contributed by atoms with van der Waals surface area (Å²) < 4.78 is 5.44. The highest BCUT2D eigenvalue weighted by atomic mass is 16.5. The lowest BCUT2D eigenvalue weighted by molar-refractivity contribution is 0.0874. The number of aromatic nitrogens is 2. The minimum Gasteiger partial charge on any atom is -0.393 e. The summed E-state index contributed by atoms with van der Waals surface area (Å²) in [5.74, 6) is 0.312. The van der Waals surface area contributed by atoms with E-state index in [4.69, 9.17) is 10.5 Å². The Morgan fingerprint density at radius 3 is 2.79 bits per heavy atom. The van der Waals surface area contributed by atoms with Crippen molar-refractivity contribution >= 4 is 17.7 Å². The third-order valence-corrected chi connectivity index (χ3v) is 4.54. The van der Waals surface area contributed by atoms with Gasteiger partial charge in [-0.2, -0.15) is 4.98 Å². The van der Waals surface area contributed by atoms with Crippen LogP contribution in [0.1, 0.15) is 48.9 Å². The van der Waals surface area contributed by atoms with E-state index in [1.807, 2.05) is 0 Å². The van der Waals surface area contributed by atoms with E-state index in [9.17, 15) is 9.90 Å². The Kier molecular flexibility index (Phi) is 5.47. The Labute approximate surface area is 141 Å². The summed E-state index contributed by atoms with van der Waals surface area (Å²) >= 11 is 0. The Bertz CT molecular complexity index is 577. The molecule has 0 radical (unpaired) electrons. The number of aliphatic hydroxyl groups excluding tert-OH is 1. The van der Waals surface area contributed by atoms with Gasteiger partial charge in [-0.3, -0.25) is 4.79 Å². The third-order valence-electron chi connectivity index (χ3n) is 4.54. The first-order valence-corrected chi connectivity index (χ1v) is 8.57. The van der Waals surface area contributed by atoms with E-state index in [-0.39, 0.29) is 23.8 Å². The topological polar surface area (TPSA) is 122 Å². The number of carbonyl (C=O) groups excluding carboxylic acids is 1. The first kappa shape index (κ1) is 16.9. The van der Waals surface area contributed by atoms with Crippen molar-refractivity contribution in [2.45, 2.75) is 56.7 Å². The summed E-state index contributed by atoms with van der Waals surface area (Å²) in [7, 11) is 0. The maximum absolute atomic E-state index is 11.6. The summed E-state index contributed by atoms with van der Waals surface area (Å²) in [5.41, 5.74) is 5.70. The Morgan fingerprint density at radius 2 is 2.08 bits per heavy atom. The van der Waals surface area contributed by atoms with E-state index in [1.165, 1.54) is 6.20 Å². The summed E-state index contributed by atoms with van der Waals surface area (Å²) in [5, 5.41) is 16.3. The zero-order chi connectivity index (χ0) is 16.9. The molecule has 1 aromatic heterocycles. The van der Waals surface area contributed by atoms with E-state index in [0.29, 0.717) is 24.8 Å². The van der Waals surface area contributed by atoms with Crippen LogP contribution in [0.25, 0.3) is 0 Å². The number of hydrogen-bond donors (Lipinski definition) is 4. The maximum Gasteiger partial charge on any atom is 0.254 e. The van der Waals surface area contributed by atoms with Crippen molar-refractivity contribution < 1.29 is 14.6 Å². The quantitative estimate of drug-likeness (QED) is 0.630. The molecule has 1 aliphatic heterocycles. The van der Waals surface area contributed by atoms with Gasteiger partial charge in [0.25, 0.3) is 5.91 Å². The largest absolute Gasteiger partial charge is 0.393 e. The predicted molar refractivity (Wildman–Crippen MR) is 89.9 cm³/mol. The predicted octanol–water partition coefficient (Wildman–Crippen LogP) is 0.882. The number of hydrogen-bond acceptors (Lipinski definition) is 7. The van der Waals surface area contributed by atoms with Crippen molar-refractivity contribution in [3.05, 3.63) is 11.8 Å². The number of ether oxygens (including phenoxy) is 1. The number of aliphatic hydroxyl groups is 1. The van der Waals surface area contributed by atoms with Crippen LogP contribution in [0, 0.1) is 0 Å². The molecule has 1 saturated heterocycles. The van der Waals surface area contributed by atoms with Crippen LogP contribution in [0.5, 0.6) is 0 Å². The first-order valence-electron chi connectivity index (χ1n) is 8.57. The van der Waals surface area contributed by atoms with Crippen molar-refractivity contribution in [3.8, 4) is 0 Å². The van der Waals surface area contributed by atoms with Gasteiger partial charge in [0.1, 0.15) is 5.82 Å². The van der Waals surface area contributed by atoms with Gasteiger partial charge >= 0.3 is 0 Å². The molecule has 0 aromatic carbocycles. The molecular weight excluding hydrogens is 310 g/mol. The number of nitrogens with zero attached hydrogens (tertiary/aromatic N) is 2. The highest BCUT2D eigenvalue weighted by Crippen LogP contribution is 2.24. The number of amides is 1. The monoisotopic (exact) mass is 335 g/mol. The van der Waals surface area contributed by atoms with Gasteiger partial charge < -0.3 is 26.2 Å². The minimum atomic E-state index is -0.568. The number of primary amides is 1. The van der Waals surface area contributed by atoms with Crippen LogP contribution in [0.4, 0.5) is 11.8 Å². The third kappa shape index (κ3) is 4.33. The highest BCUT2D eigenvalue weighted by molar-refractivity contribution is 5.97. The molecule has 1 saturated carbocycles. The Hall–Kier alpha value is -1.93. The molecular formula is C16H25N5O3. The first-order chi connectivity index (χ1) is 11.6. The lowest BCUT2D eigenvalue weighted by Crippen LogP contribution is -2.33. The van der Waals surface area contributed by atoms with Gasteiger partial charge in [0.2, 0.25) is 5.95 Å². The molecule has 1 aromatic rings. The molecule has 0 spiro atoms. The number of anilines is 2. The zero-order valence-electron chi connectivity index (χ0n) is 13.7. The second-order valence-corrected chi connectivity index (χ2v) is 6.54. The average Bonchev–Trinajstić information content (AvgIpc) is 2.56. The summed E-state index contributed by atoms with van der Waals surface area (Å²) in [6.45, 7) is 1.41. The van der Waals surface area contributed by atoms with E-state index in [2.05, 4.69) is 20.6 Å². The molecule has 2 fully saturated rings. The van der Waals surface area contributed by atoms with Crippen molar-refractivity contribution in [1.82, 2.24) is 9.97 Å². The second kappa shape index (κ2) is 7.76. The van der Waals surface area contributed by atoms with E-state index in [1.54, 1.807) is 0 Å². The van der Waals surface area contributed by atoms with Crippen LogP contribution in [-0.2, 0) is 4.74 Å². The SMILES string of the molecule is NC(=O)c1cnc(N[C@H]2CCCOC2)nc1NC1CCC[C@H](O)C1. The van der Waals surface area contributed by atoms with Gasteiger partial charge in [-0.05, 0) is 38.5 Å². The second-order valence-electron chi connectivity index (χ2n) is 6.54. The minimum absolute atomic E-state index is 0.0765. The van der Waals surface area contributed by atoms with Crippen LogP contribution in [0.2, 0.25) is 0 Å². The lowest BCUT2D eigenvalue weighted by atomic mass is 9.93. The normalized spacial score (nSPS) is 27.5. The van der Waals surface area contributed by atoms with E-state index in [0.717, 1.165) is 38.7 Å². The summed E-state index contributed by atoms with van der Waals surface area (Å²) in [4.78, 5) is 20.3. The van der Waals surface area contributed by atoms with Crippen molar-refractivity contribution in [3.63, 3.8) is 0 Å². The molecule has 1 amide bonds. The van der Waals surface area contributed by atoms with Crippen LogP contribution in [0.3, 0.4) is 0 Å². The van der Waals surface area contributed by atoms with Crippen molar-refractivity contribution in [2.24, 2.45) is 5.73 Å². The maximum atomic E-state index is 11.6. The molecule has 1 aliphatic carbocycles. The van der Waals surface area contributed by atoms with Crippen LogP contribution in [0.15, 0.2) is 6.20 Å². The summed E-state index contributed by atoms with van der Waals surface area (Å²) in [6, 6.07) is 0.246. The molecule has 2 heterocycles. The standard InChI is InChI=1S/C16H25N5O3/c17-14(23)13-8-18-16(20-11-4-2-6-24-9-11)21-15(13)19-10-3-1-5-12(22)7-10/h8,10-12,22H,1-7,9H2,(H2,17,23)(H2,18,19,20,21)/t10?,11-,12-/m0/s1. The van der Waals surface area contributed by atoms with Crippen LogP contribution >= 0.6 is 0 Å². The van der Waals surface area contributed by atoms with Gasteiger partial charge in [0, 0.05) is 18.8 Å². The van der Waals surface area contributed by atoms with Gasteiger partial charge in [0.05, 0.1) is 24.3 Å². The Morgan fingerprint density at radius 1 is 1.25 bits per heavy atom.